The normalized spacial score (nSPS) is 23.9. The maximum absolute atomic E-state index is 13.7. The van der Waals surface area contributed by atoms with Gasteiger partial charge in [-0.1, -0.05) is 12.1 Å². The second kappa shape index (κ2) is 10.0. The van der Waals surface area contributed by atoms with E-state index in [1.54, 1.807) is 19.3 Å². The number of pyridine rings is 1. The third kappa shape index (κ3) is 4.62. The highest BCUT2D eigenvalue weighted by Gasteiger charge is 2.38. The first-order valence-corrected chi connectivity index (χ1v) is 11.1. The Labute approximate surface area is 183 Å². The Kier molecular flexibility index (Phi) is 6.94. The van der Waals surface area contributed by atoms with Crippen molar-refractivity contribution in [2.24, 2.45) is 11.8 Å². The molecule has 2 aliphatic heterocycles. The van der Waals surface area contributed by atoms with Crippen LogP contribution in [0.3, 0.4) is 0 Å². The van der Waals surface area contributed by atoms with Gasteiger partial charge in [0.05, 0.1) is 18.6 Å². The molecule has 0 radical (unpaired) electrons. The van der Waals surface area contributed by atoms with E-state index in [-0.39, 0.29) is 23.7 Å². The SMILES string of the molecule is CCOC(=O)C1CNCCC1C(=O)c1ccccc1N1CCNCC1c1ccncc1. The number of Topliss-reactive ketones (excluding diaryl/α,β-unsaturated/α-hetero) is 1. The summed E-state index contributed by atoms with van der Waals surface area (Å²) in [5, 5.41) is 6.70. The standard InChI is InChI=1S/C24H30N4O3/c1-2-31-24(30)20-15-26-12-9-18(20)23(29)19-5-3-4-6-21(19)28-14-13-27-16-22(28)17-7-10-25-11-8-17/h3-8,10-11,18,20,22,26-27H,2,9,12-16H2,1H3. The monoisotopic (exact) mass is 422 g/mol. The molecule has 1 aromatic heterocycles. The molecule has 3 atom stereocenters. The lowest BCUT2D eigenvalue weighted by Crippen LogP contribution is -2.47. The van der Waals surface area contributed by atoms with Gasteiger partial charge >= 0.3 is 5.97 Å². The van der Waals surface area contributed by atoms with Gasteiger partial charge in [-0.05, 0) is 49.7 Å². The van der Waals surface area contributed by atoms with Crippen LogP contribution in [-0.4, -0.2) is 56.1 Å². The van der Waals surface area contributed by atoms with Gasteiger partial charge in [-0.3, -0.25) is 14.6 Å². The van der Waals surface area contributed by atoms with Crippen LogP contribution < -0.4 is 15.5 Å². The summed E-state index contributed by atoms with van der Waals surface area (Å²) in [5.74, 6) is -1.08. The highest BCUT2D eigenvalue weighted by atomic mass is 16.5. The van der Waals surface area contributed by atoms with Gasteiger partial charge in [0.15, 0.2) is 5.78 Å². The molecule has 2 fully saturated rings. The van der Waals surface area contributed by atoms with E-state index in [1.807, 2.05) is 36.4 Å². The van der Waals surface area contributed by atoms with Crippen molar-refractivity contribution < 1.29 is 14.3 Å². The Balaban J connectivity index is 1.66. The number of anilines is 1. The lowest BCUT2D eigenvalue weighted by Gasteiger charge is -2.39. The topological polar surface area (TPSA) is 83.6 Å². The minimum Gasteiger partial charge on any atom is -0.466 e. The fourth-order valence-corrected chi connectivity index (χ4v) is 4.68. The summed E-state index contributed by atoms with van der Waals surface area (Å²) < 4.78 is 5.26. The highest BCUT2D eigenvalue weighted by molar-refractivity contribution is 6.04. The number of benzene rings is 1. The number of carbonyl (C=O) groups excluding carboxylic acids is 2. The largest absolute Gasteiger partial charge is 0.466 e. The van der Waals surface area contributed by atoms with E-state index >= 15 is 0 Å². The Bertz CT molecular complexity index is 905. The van der Waals surface area contributed by atoms with E-state index in [9.17, 15) is 9.59 Å². The van der Waals surface area contributed by atoms with Crippen LogP contribution in [-0.2, 0) is 9.53 Å². The van der Waals surface area contributed by atoms with Gasteiger partial charge in [-0.2, -0.15) is 0 Å². The second-order valence-electron chi connectivity index (χ2n) is 8.03. The number of hydrogen-bond donors (Lipinski definition) is 2. The van der Waals surface area contributed by atoms with Crippen LogP contribution in [0.4, 0.5) is 5.69 Å². The van der Waals surface area contributed by atoms with Crippen molar-refractivity contribution in [3.63, 3.8) is 0 Å². The zero-order chi connectivity index (χ0) is 21.6. The first-order chi connectivity index (χ1) is 15.2. The quantitative estimate of drug-likeness (QED) is 0.545. The Morgan fingerprint density at radius 2 is 1.84 bits per heavy atom. The van der Waals surface area contributed by atoms with Gasteiger partial charge in [0.1, 0.15) is 0 Å². The van der Waals surface area contributed by atoms with E-state index in [4.69, 9.17) is 4.74 Å². The molecule has 0 amide bonds. The molecule has 0 aliphatic carbocycles. The Hall–Kier alpha value is -2.77. The molecule has 2 aliphatic rings. The van der Waals surface area contributed by atoms with Gasteiger partial charge in [0, 0.05) is 55.7 Å². The van der Waals surface area contributed by atoms with Crippen LogP contribution in [0, 0.1) is 11.8 Å². The van der Waals surface area contributed by atoms with Gasteiger partial charge in [-0.15, -0.1) is 0 Å². The fourth-order valence-electron chi connectivity index (χ4n) is 4.68. The molecule has 0 bridgehead atoms. The number of ether oxygens (including phenoxy) is 1. The molecule has 0 saturated carbocycles. The predicted octanol–water partition coefficient (Wildman–Crippen LogP) is 2.20. The van der Waals surface area contributed by atoms with E-state index in [1.165, 1.54) is 0 Å². The van der Waals surface area contributed by atoms with E-state index in [0.717, 1.165) is 37.4 Å². The molecule has 4 rings (SSSR count). The van der Waals surface area contributed by atoms with Crippen molar-refractivity contribution >= 4 is 17.4 Å². The highest BCUT2D eigenvalue weighted by Crippen LogP contribution is 2.34. The lowest BCUT2D eigenvalue weighted by atomic mass is 9.80. The molecular formula is C24H30N4O3. The lowest BCUT2D eigenvalue weighted by molar-refractivity contribution is -0.149. The van der Waals surface area contributed by atoms with E-state index < -0.39 is 5.92 Å². The van der Waals surface area contributed by atoms with Crippen molar-refractivity contribution in [1.29, 1.82) is 0 Å². The summed E-state index contributed by atoms with van der Waals surface area (Å²) >= 11 is 0. The van der Waals surface area contributed by atoms with Crippen LogP contribution in [0.2, 0.25) is 0 Å². The molecule has 7 heteroatoms. The van der Waals surface area contributed by atoms with Gasteiger partial charge < -0.3 is 20.3 Å². The van der Waals surface area contributed by atoms with Crippen LogP contribution in [0.15, 0.2) is 48.8 Å². The minimum atomic E-state index is -0.451. The number of rotatable bonds is 6. The van der Waals surface area contributed by atoms with Crippen molar-refractivity contribution in [1.82, 2.24) is 15.6 Å². The number of piperidine rings is 1. The van der Waals surface area contributed by atoms with Crippen molar-refractivity contribution in [2.75, 3.05) is 44.2 Å². The molecule has 164 valence electrons. The average Bonchev–Trinajstić information content (AvgIpc) is 2.84. The van der Waals surface area contributed by atoms with Gasteiger partial charge in [0.25, 0.3) is 0 Å². The number of ketones is 1. The third-order valence-corrected chi connectivity index (χ3v) is 6.22. The molecule has 2 aromatic rings. The van der Waals surface area contributed by atoms with Gasteiger partial charge in [-0.25, -0.2) is 0 Å². The molecule has 2 saturated heterocycles. The maximum atomic E-state index is 13.7. The summed E-state index contributed by atoms with van der Waals surface area (Å²) in [7, 11) is 0. The maximum Gasteiger partial charge on any atom is 0.310 e. The molecule has 1 aromatic carbocycles. The third-order valence-electron chi connectivity index (χ3n) is 6.22. The number of hydrogen-bond acceptors (Lipinski definition) is 7. The number of esters is 1. The Morgan fingerprint density at radius 1 is 1.06 bits per heavy atom. The molecule has 3 unspecified atom stereocenters. The number of nitrogens with zero attached hydrogens (tertiary/aromatic N) is 2. The molecular weight excluding hydrogens is 392 g/mol. The number of nitrogens with one attached hydrogen (secondary N) is 2. The molecule has 3 heterocycles. The van der Waals surface area contributed by atoms with E-state index in [0.29, 0.717) is 25.1 Å². The smallest absolute Gasteiger partial charge is 0.310 e. The van der Waals surface area contributed by atoms with Crippen LogP contribution >= 0.6 is 0 Å². The first-order valence-electron chi connectivity index (χ1n) is 11.1. The van der Waals surface area contributed by atoms with E-state index in [2.05, 4.69) is 20.5 Å². The number of carbonyl (C=O) groups is 2. The molecule has 2 N–H and O–H groups in total. The molecule has 0 spiro atoms. The molecule has 31 heavy (non-hydrogen) atoms. The van der Waals surface area contributed by atoms with Crippen LogP contribution in [0.1, 0.15) is 35.3 Å². The fraction of sp³-hybridized carbons (Fsp3) is 0.458. The molecule has 7 nitrogen and oxygen atoms in total. The minimum absolute atomic E-state index is 0.0298. The average molecular weight is 423 g/mol. The zero-order valence-electron chi connectivity index (χ0n) is 17.9. The van der Waals surface area contributed by atoms with Gasteiger partial charge in [0.2, 0.25) is 0 Å². The van der Waals surface area contributed by atoms with Crippen molar-refractivity contribution in [3.05, 3.63) is 59.9 Å². The summed E-state index contributed by atoms with van der Waals surface area (Å²) in [5.41, 5.74) is 2.78. The van der Waals surface area contributed by atoms with Crippen LogP contribution in [0.5, 0.6) is 0 Å². The first kappa shape index (κ1) is 21.5. The summed E-state index contributed by atoms with van der Waals surface area (Å²) in [6, 6.07) is 12.0. The number of aromatic nitrogens is 1. The number of piperazine rings is 1. The van der Waals surface area contributed by atoms with Crippen LogP contribution in [0.25, 0.3) is 0 Å². The summed E-state index contributed by atoms with van der Waals surface area (Å²) in [6.45, 7) is 5.76. The summed E-state index contributed by atoms with van der Waals surface area (Å²) in [6.07, 6.45) is 4.24. The number of para-hydroxylation sites is 1. The summed E-state index contributed by atoms with van der Waals surface area (Å²) in [4.78, 5) is 32.7. The Morgan fingerprint density at radius 3 is 2.65 bits per heavy atom. The second-order valence-corrected chi connectivity index (χ2v) is 8.03. The van der Waals surface area contributed by atoms with Crippen molar-refractivity contribution in [2.45, 2.75) is 19.4 Å². The zero-order valence-corrected chi connectivity index (χ0v) is 17.9. The van der Waals surface area contributed by atoms with Crippen molar-refractivity contribution in [3.8, 4) is 0 Å². The predicted molar refractivity (Wildman–Crippen MR) is 119 cm³/mol.